The molecule has 0 radical (unpaired) electrons. The van der Waals surface area contributed by atoms with Crippen molar-refractivity contribution in [3.63, 3.8) is 0 Å². The number of nitrogens with zero attached hydrogens (tertiary/aromatic N) is 2. The van der Waals surface area contributed by atoms with Crippen LogP contribution in [0.3, 0.4) is 0 Å². The van der Waals surface area contributed by atoms with E-state index in [0.717, 1.165) is 68.6 Å². The van der Waals surface area contributed by atoms with Crippen LogP contribution in [-0.2, 0) is 4.79 Å². The molecule has 0 bridgehead atoms. The number of amides is 2. The molecular weight excluding hydrogens is 430 g/mol. The van der Waals surface area contributed by atoms with Crippen LogP contribution in [0, 0.1) is 0 Å². The monoisotopic (exact) mass is 467 g/mol. The highest BCUT2D eigenvalue weighted by molar-refractivity contribution is 7.10. The van der Waals surface area contributed by atoms with Crippen molar-refractivity contribution in [3.05, 3.63) is 57.8 Å². The molecule has 1 fully saturated rings. The predicted molar refractivity (Wildman–Crippen MR) is 135 cm³/mol. The molecule has 2 heterocycles. The molecule has 1 saturated carbocycles. The fourth-order valence-electron chi connectivity index (χ4n) is 5.60. The minimum atomic E-state index is -0.385. The number of benzene rings is 1. The second kappa shape index (κ2) is 11.3. The third-order valence-corrected chi connectivity index (χ3v) is 7.96. The summed E-state index contributed by atoms with van der Waals surface area (Å²) in [5.41, 5.74) is 1.56. The fourth-order valence-corrected chi connectivity index (χ4v) is 6.46. The van der Waals surface area contributed by atoms with E-state index in [1.165, 1.54) is 0 Å². The Hall–Kier alpha value is -2.18. The first kappa shape index (κ1) is 24.0. The normalized spacial score (nSPS) is 20.9. The predicted octanol–water partition coefficient (Wildman–Crippen LogP) is 5.21. The second-order valence-electron chi connectivity index (χ2n) is 9.31. The SMILES string of the molecule is CCCN(CCC)CCNC(=O)[C@H]1c2ccccc2C(=O)N(C2CCCC2)[C@@H]1c1cccs1. The van der Waals surface area contributed by atoms with Gasteiger partial charge in [-0.1, -0.05) is 51.0 Å². The fraction of sp³-hybridized carbons (Fsp3) is 0.556. The first-order valence-corrected chi connectivity index (χ1v) is 13.5. The van der Waals surface area contributed by atoms with E-state index in [0.29, 0.717) is 12.1 Å². The Morgan fingerprint density at radius 2 is 1.79 bits per heavy atom. The Bertz CT molecular complexity index is 917. The number of fused-ring (bicyclic) bond motifs is 1. The largest absolute Gasteiger partial charge is 0.354 e. The zero-order valence-electron chi connectivity index (χ0n) is 20.0. The summed E-state index contributed by atoms with van der Waals surface area (Å²) in [6.45, 7) is 7.99. The maximum absolute atomic E-state index is 13.8. The van der Waals surface area contributed by atoms with Crippen LogP contribution in [0.25, 0.3) is 0 Å². The van der Waals surface area contributed by atoms with E-state index < -0.39 is 0 Å². The van der Waals surface area contributed by atoms with Crippen molar-refractivity contribution in [2.75, 3.05) is 26.2 Å². The van der Waals surface area contributed by atoms with Crippen LogP contribution in [0.2, 0.25) is 0 Å². The Labute approximate surface area is 202 Å². The van der Waals surface area contributed by atoms with Crippen molar-refractivity contribution in [2.45, 2.75) is 70.4 Å². The highest BCUT2D eigenvalue weighted by Crippen LogP contribution is 2.47. The molecule has 2 atom stereocenters. The first-order valence-electron chi connectivity index (χ1n) is 12.6. The van der Waals surface area contributed by atoms with Gasteiger partial charge in [0, 0.05) is 29.6 Å². The minimum absolute atomic E-state index is 0.0318. The number of thiophene rings is 1. The summed E-state index contributed by atoms with van der Waals surface area (Å²) in [7, 11) is 0. The Kier molecular flexibility index (Phi) is 8.20. The Morgan fingerprint density at radius 3 is 2.45 bits per heavy atom. The molecule has 2 aromatic rings. The maximum Gasteiger partial charge on any atom is 0.254 e. The molecule has 2 aliphatic rings. The van der Waals surface area contributed by atoms with Crippen molar-refractivity contribution in [1.29, 1.82) is 0 Å². The van der Waals surface area contributed by atoms with Crippen molar-refractivity contribution >= 4 is 23.2 Å². The van der Waals surface area contributed by atoms with Gasteiger partial charge in [0.15, 0.2) is 0 Å². The number of carbonyl (C=O) groups excluding carboxylic acids is 2. The van der Waals surface area contributed by atoms with Gasteiger partial charge in [-0.15, -0.1) is 11.3 Å². The molecule has 0 unspecified atom stereocenters. The van der Waals surface area contributed by atoms with E-state index in [2.05, 4.69) is 40.4 Å². The van der Waals surface area contributed by atoms with Gasteiger partial charge in [-0.2, -0.15) is 0 Å². The topological polar surface area (TPSA) is 52.7 Å². The zero-order valence-corrected chi connectivity index (χ0v) is 20.8. The molecule has 0 saturated heterocycles. The van der Waals surface area contributed by atoms with Gasteiger partial charge in [0.1, 0.15) is 0 Å². The van der Waals surface area contributed by atoms with Crippen LogP contribution in [0.15, 0.2) is 41.8 Å². The molecule has 1 N–H and O–H groups in total. The maximum atomic E-state index is 13.8. The Morgan fingerprint density at radius 1 is 1.06 bits per heavy atom. The van der Waals surface area contributed by atoms with Crippen molar-refractivity contribution in [1.82, 2.24) is 15.1 Å². The molecule has 178 valence electrons. The minimum Gasteiger partial charge on any atom is -0.354 e. The van der Waals surface area contributed by atoms with Gasteiger partial charge in [-0.05, 0) is 61.8 Å². The molecule has 1 aliphatic carbocycles. The van der Waals surface area contributed by atoms with Gasteiger partial charge in [0.25, 0.3) is 5.91 Å². The zero-order chi connectivity index (χ0) is 23.2. The average Bonchev–Trinajstić information content (AvgIpc) is 3.54. The summed E-state index contributed by atoms with van der Waals surface area (Å²) in [6, 6.07) is 11.8. The Balaban J connectivity index is 1.63. The molecule has 33 heavy (non-hydrogen) atoms. The lowest BCUT2D eigenvalue weighted by Crippen LogP contribution is -2.51. The van der Waals surface area contributed by atoms with E-state index in [1.807, 2.05) is 30.3 Å². The third kappa shape index (κ3) is 5.17. The second-order valence-corrected chi connectivity index (χ2v) is 10.3. The molecular formula is C27H37N3O2S. The van der Waals surface area contributed by atoms with Crippen molar-refractivity contribution in [3.8, 4) is 0 Å². The number of hydrogen-bond donors (Lipinski definition) is 1. The van der Waals surface area contributed by atoms with Crippen LogP contribution < -0.4 is 5.32 Å². The molecule has 5 nitrogen and oxygen atoms in total. The molecule has 0 spiro atoms. The summed E-state index contributed by atoms with van der Waals surface area (Å²) < 4.78 is 0. The van der Waals surface area contributed by atoms with Gasteiger partial charge in [0.2, 0.25) is 5.91 Å². The van der Waals surface area contributed by atoms with Crippen molar-refractivity contribution < 1.29 is 9.59 Å². The quantitative estimate of drug-likeness (QED) is 0.522. The summed E-state index contributed by atoms with van der Waals surface area (Å²) >= 11 is 1.65. The number of carbonyl (C=O) groups is 2. The van der Waals surface area contributed by atoms with Gasteiger partial charge >= 0.3 is 0 Å². The van der Waals surface area contributed by atoms with Gasteiger partial charge in [-0.25, -0.2) is 0 Å². The first-order chi connectivity index (χ1) is 16.2. The summed E-state index contributed by atoms with van der Waals surface area (Å²) in [5, 5.41) is 5.30. The van der Waals surface area contributed by atoms with E-state index in [4.69, 9.17) is 0 Å². The van der Waals surface area contributed by atoms with Crippen LogP contribution in [-0.4, -0.2) is 53.8 Å². The van der Waals surface area contributed by atoms with Crippen LogP contribution in [0.5, 0.6) is 0 Å². The lowest BCUT2D eigenvalue weighted by Gasteiger charge is -2.44. The standard InChI is InChI=1S/C27H37N3O2S/c1-3-16-29(17-4-2)18-15-28-26(31)24-21-12-7-8-13-22(21)27(32)30(20-10-5-6-11-20)25(24)23-14-9-19-33-23/h7-9,12-14,19-20,24-25H,3-6,10-11,15-18H2,1-2H3,(H,28,31)/t24-,25+/m0/s1. The van der Waals surface area contributed by atoms with Crippen molar-refractivity contribution in [2.24, 2.45) is 0 Å². The summed E-state index contributed by atoms with van der Waals surface area (Å²) in [4.78, 5) is 33.1. The third-order valence-electron chi connectivity index (χ3n) is 7.02. The molecule has 1 aliphatic heterocycles. The molecule has 4 rings (SSSR count). The highest BCUT2D eigenvalue weighted by atomic mass is 32.1. The summed E-state index contributed by atoms with van der Waals surface area (Å²) in [5.74, 6) is -0.273. The van der Waals surface area contributed by atoms with Gasteiger partial charge in [-0.3, -0.25) is 9.59 Å². The van der Waals surface area contributed by atoms with E-state index in [-0.39, 0.29) is 29.8 Å². The van der Waals surface area contributed by atoms with Crippen LogP contribution in [0.4, 0.5) is 0 Å². The van der Waals surface area contributed by atoms with E-state index in [9.17, 15) is 9.59 Å². The molecule has 1 aromatic heterocycles. The molecule has 2 amide bonds. The number of hydrogen-bond acceptors (Lipinski definition) is 4. The van der Waals surface area contributed by atoms with Crippen LogP contribution in [0.1, 0.15) is 85.1 Å². The molecule has 1 aromatic carbocycles. The lowest BCUT2D eigenvalue weighted by atomic mass is 9.80. The van der Waals surface area contributed by atoms with E-state index in [1.54, 1.807) is 11.3 Å². The highest BCUT2D eigenvalue weighted by Gasteiger charge is 2.47. The van der Waals surface area contributed by atoms with Gasteiger partial charge < -0.3 is 15.1 Å². The van der Waals surface area contributed by atoms with E-state index >= 15 is 0 Å². The lowest BCUT2D eigenvalue weighted by molar-refractivity contribution is -0.124. The number of rotatable bonds is 10. The molecule has 6 heteroatoms. The van der Waals surface area contributed by atoms with Gasteiger partial charge in [0.05, 0.1) is 12.0 Å². The average molecular weight is 468 g/mol. The summed E-state index contributed by atoms with van der Waals surface area (Å²) in [6.07, 6.45) is 6.57. The smallest absolute Gasteiger partial charge is 0.254 e. The number of nitrogens with one attached hydrogen (secondary N) is 1. The van der Waals surface area contributed by atoms with Crippen LogP contribution >= 0.6 is 11.3 Å².